The average Bonchev–Trinajstić information content (AvgIpc) is 2.73. The van der Waals surface area contributed by atoms with Gasteiger partial charge in [-0.15, -0.1) is 0 Å². The minimum absolute atomic E-state index is 0.133. The zero-order valence-electron chi connectivity index (χ0n) is 16.2. The standard InChI is InChI=1S/C20H24FN3O4S/c1-28-17-8-6-16(7-9-17)14-22-20(25)15-23-10-12-24(13-11-23)29(26,27)19-5-3-2-4-18(19)21/h2-9H,10-15H2,1H3,(H,22,25). The van der Waals surface area contributed by atoms with Gasteiger partial charge in [0, 0.05) is 32.7 Å². The van der Waals surface area contributed by atoms with Crippen molar-refractivity contribution in [2.24, 2.45) is 0 Å². The molecule has 7 nitrogen and oxygen atoms in total. The molecule has 0 radical (unpaired) electrons. The van der Waals surface area contributed by atoms with Gasteiger partial charge in [0.1, 0.15) is 16.5 Å². The predicted octanol–water partition coefficient (Wildman–Crippen LogP) is 1.46. The Morgan fingerprint density at radius 1 is 1.07 bits per heavy atom. The summed E-state index contributed by atoms with van der Waals surface area (Å²) in [5.41, 5.74) is 0.958. The van der Waals surface area contributed by atoms with Crippen molar-refractivity contribution >= 4 is 15.9 Å². The van der Waals surface area contributed by atoms with Gasteiger partial charge in [0.05, 0.1) is 13.7 Å². The fraction of sp³-hybridized carbons (Fsp3) is 0.350. The molecular weight excluding hydrogens is 397 g/mol. The van der Waals surface area contributed by atoms with Crippen molar-refractivity contribution < 1.29 is 22.3 Å². The lowest BCUT2D eigenvalue weighted by atomic mass is 10.2. The van der Waals surface area contributed by atoms with E-state index in [4.69, 9.17) is 4.74 Å². The fourth-order valence-corrected chi connectivity index (χ4v) is 4.61. The highest BCUT2D eigenvalue weighted by molar-refractivity contribution is 7.89. The van der Waals surface area contributed by atoms with Gasteiger partial charge in [0.15, 0.2) is 0 Å². The van der Waals surface area contributed by atoms with E-state index in [2.05, 4.69) is 5.32 Å². The Morgan fingerprint density at radius 2 is 1.72 bits per heavy atom. The van der Waals surface area contributed by atoms with Gasteiger partial charge >= 0.3 is 0 Å². The highest BCUT2D eigenvalue weighted by atomic mass is 32.2. The number of piperazine rings is 1. The van der Waals surface area contributed by atoms with E-state index in [-0.39, 0.29) is 30.4 Å². The Balaban J connectivity index is 1.48. The molecule has 1 saturated heterocycles. The number of carbonyl (C=O) groups excluding carboxylic acids is 1. The Bertz CT molecular complexity index is 942. The summed E-state index contributed by atoms with van der Waals surface area (Å²) < 4.78 is 45.5. The first-order valence-electron chi connectivity index (χ1n) is 9.27. The number of nitrogens with one attached hydrogen (secondary N) is 1. The van der Waals surface area contributed by atoms with Crippen LogP contribution < -0.4 is 10.1 Å². The summed E-state index contributed by atoms with van der Waals surface area (Å²) in [6, 6.07) is 12.8. The number of hydrogen-bond acceptors (Lipinski definition) is 5. The van der Waals surface area contributed by atoms with E-state index in [1.807, 2.05) is 29.2 Å². The van der Waals surface area contributed by atoms with E-state index in [1.54, 1.807) is 7.11 Å². The highest BCUT2D eigenvalue weighted by Gasteiger charge is 2.30. The van der Waals surface area contributed by atoms with Gasteiger partial charge in [-0.05, 0) is 29.8 Å². The van der Waals surface area contributed by atoms with Crippen molar-refractivity contribution in [2.45, 2.75) is 11.4 Å². The number of methoxy groups -OCH3 is 1. The summed E-state index contributed by atoms with van der Waals surface area (Å²) in [5.74, 6) is -0.137. The van der Waals surface area contributed by atoms with Crippen LogP contribution >= 0.6 is 0 Å². The lowest BCUT2D eigenvalue weighted by Gasteiger charge is -2.33. The van der Waals surface area contributed by atoms with Crippen molar-refractivity contribution in [2.75, 3.05) is 39.8 Å². The molecule has 1 N–H and O–H groups in total. The molecule has 0 aliphatic carbocycles. The molecule has 156 valence electrons. The van der Waals surface area contributed by atoms with Crippen molar-refractivity contribution in [3.05, 3.63) is 59.9 Å². The quantitative estimate of drug-likeness (QED) is 0.732. The molecule has 2 aromatic carbocycles. The lowest BCUT2D eigenvalue weighted by Crippen LogP contribution is -2.51. The van der Waals surface area contributed by atoms with Gasteiger partial charge < -0.3 is 10.1 Å². The number of sulfonamides is 1. The van der Waals surface area contributed by atoms with E-state index in [9.17, 15) is 17.6 Å². The van der Waals surface area contributed by atoms with Gasteiger partial charge in [-0.1, -0.05) is 24.3 Å². The second-order valence-electron chi connectivity index (χ2n) is 6.74. The first-order valence-corrected chi connectivity index (χ1v) is 10.7. The zero-order chi connectivity index (χ0) is 20.9. The van der Waals surface area contributed by atoms with Gasteiger partial charge in [-0.3, -0.25) is 9.69 Å². The van der Waals surface area contributed by atoms with E-state index in [0.29, 0.717) is 19.6 Å². The Labute approximate surface area is 170 Å². The van der Waals surface area contributed by atoms with E-state index in [0.717, 1.165) is 17.4 Å². The molecule has 1 amide bonds. The van der Waals surface area contributed by atoms with Crippen LogP contribution in [0.5, 0.6) is 5.75 Å². The normalized spacial score (nSPS) is 15.8. The number of rotatable bonds is 7. The average molecular weight is 421 g/mol. The monoisotopic (exact) mass is 421 g/mol. The second-order valence-corrected chi connectivity index (χ2v) is 8.64. The molecule has 0 atom stereocenters. The first kappa shape index (κ1) is 21.2. The lowest BCUT2D eigenvalue weighted by molar-refractivity contribution is -0.122. The number of amides is 1. The van der Waals surface area contributed by atoms with Crippen molar-refractivity contribution in [3.8, 4) is 5.75 Å². The molecule has 0 saturated carbocycles. The third-order valence-electron chi connectivity index (χ3n) is 4.80. The predicted molar refractivity (Wildman–Crippen MR) is 106 cm³/mol. The van der Waals surface area contributed by atoms with Gasteiger partial charge in [0.25, 0.3) is 0 Å². The summed E-state index contributed by atoms with van der Waals surface area (Å²) in [7, 11) is -2.28. The number of ether oxygens (including phenoxy) is 1. The molecule has 0 aromatic heterocycles. The van der Waals surface area contributed by atoms with Crippen LogP contribution in [0.3, 0.4) is 0 Å². The smallest absolute Gasteiger partial charge is 0.246 e. The summed E-state index contributed by atoms with van der Waals surface area (Å²) in [4.78, 5) is 13.8. The van der Waals surface area contributed by atoms with Crippen LogP contribution in [0.2, 0.25) is 0 Å². The number of carbonyl (C=O) groups is 1. The Hall–Kier alpha value is -2.49. The minimum atomic E-state index is -3.88. The molecule has 0 spiro atoms. The maximum Gasteiger partial charge on any atom is 0.246 e. The van der Waals surface area contributed by atoms with Crippen LogP contribution in [0.15, 0.2) is 53.4 Å². The van der Waals surface area contributed by atoms with E-state index < -0.39 is 15.8 Å². The first-order chi connectivity index (χ1) is 13.9. The van der Waals surface area contributed by atoms with Crippen LogP contribution in [0.4, 0.5) is 4.39 Å². The molecule has 1 heterocycles. The van der Waals surface area contributed by atoms with Crippen molar-refractivity contribution in [1.82, 2.24) is 14.5 Å². The number of benzene rings is 2. The molecule has 1 fully saturated rings. The Morgan fingerprint density at radius 3 is 2.34 bits per heavy atom. The molecule has 2 aromatic rings. The van der Waals surface area contributed by atoms with Crippen LogP contribution in [-0.4, -0.2) is 63.4 Å². The minimum Gasteiger partial charge on any atom is -0.497 e. The van der Waals surface area contributed by atoms with Gasteiger partial charge in [0.2, 0.25) is 15.9 Å². The van der Waals surface area contributed by atoms with Gasteiger partial charge in [-0.2, -0.15) is 4.31 Å². The van der Waals surface area contributed by atoms with Crippen molar-refractivity contribution in [3.63, 3.8) is 0 Å². The van der Waals surface area contributed by atoms with Gasteiger partial charge in [-0.25, -0.2) is 12.8 Å². The summed E-state index contributed by atoms with van der Waals surface area (Å²) >= 11 is 0. The molecule has 9 heteroatoms. The molecule has 29 heavy (non-hydrogen) atoms. The van der Waals surface area contributed by atoms with Crippen molar-refractivity contribution in [1.29, 1.82) is 0 Å². The van der Waals surface area contributed by atoms with Crippen LogP contribution in [0, 0.1) is 5.82 Å². The molecular formula is C20H24FN3O4S. The van der Waals surface area contributed by atoms with E-state index >= 15 is 0 Å². The highest BCUT2D eigenvalue weighted by Crippen LogP contribution is 2.20. The van der Waals surface area contributed by atoms with E-state index in [1.165, 1.54) is 22.5 Å². The SMILES string of the molecule is COc1ccc(CNC(=O)CN2CCN(S(=O)(=O)c3ccccc3F)CC2)cc1. The summed E-state index contributed by atoms with van der Waals surface area (Å²) in [6.45, 7) is 1.83. The fourth-order valence-electron chi connectivity index (χ4n) is 3.12. The second kappa shape index (κ2) is 9.34. The largest absolute Gasteiger partial charge is 0.497 e. The number of nitrogens with zero attached hydrogens (tertiary/aromatic N) is 2. The molecule has 1 aliphatic rings. The van der Waals surface area contributed by atoms with Crippen LogP contribution in [0.1, 0.15) is 5.56 Å². The summed E-state index contributed by atoms with van der Waals surface area (Å²) in [6.07, 6.45) is 0. The maximum absolute atomic E-state index is 13.9. The summed E-state index contributed by atoms with van der Waals surface area (Å²) in [5, 5.41) is 2.86. The molecule has 0 bridgehead atoms. The topological polar surface area (TPSA) is 79.0 Å². The third kappa shape index (κ3) is 5.31. The Kier molecular flexibility index (Phi) is 6.83. The number of halogens is 1. The zero-order valence-corrected chi connectivity index (χ0v) is 17.0. The number of hydrogen-bond donors (Lipinski definition) is 1. The molecule has 0 unspecified atom stereocenters. The van der Waals surface area contributed by atoms with Crippen LogP contribution in [-0.2, 0) is 21.4 Å². The molecule has 3 rings (SSSR count). The molecule has 1 aliphatic heterocycles. The maximum atomic E-state index is 13.9. The third-order valence-corrected chi connectivity index (χ3v) is 6.73. The van der Waals surface area contributed by atoms with Crippen LogP contribution in [0.25, 0.3) is 0 Å².